The Morgan fingerprint density at radius 2 is 1.62 bits per heavy atom. The Bertz CT molecular complexity index is 1840. The van der Waals surface area contributed by atoms with E-state index in [1.165, 1.54) is 0 Å². The summed E-state index contributed by atoms with van der Waals surface area (Å²) in [5.41, 5.74) is 10.5. The summed E-state index contributed by atoms with van der Waals surface area (Å²) in [4.78, 5) is 19.7. The molecule has 6 aromatic rings. The molecule has 0 aliphatic rings. The fourth-order valence-corrected chi connectivity index (χ4v) is 5.42. The lowest BCUT2D eigenvalue weighted by atomic mass is 9.96. The average molecular weight is 562 g/mol. The van der Waals surface area contributed by atoms with Crippen LogP contribution in [0.3, 0.4) is 0 Å². The second kappa shape index (κ2) is 11.2. The van der Waals surface area contributed by atoms with Gasteiger partial charge < -0.3 is 30.3 Å². The third-order valence-corrected chi connectivity index (χ3v) is 7.74. The summed E-state index contributed by atoms with van der Waals surface area (Å²) in [6.45, 7) is 4.28. The fourth-order valence-electron chi connectivity index (χ4n) is 5.42. The predicted molar refractivity (Wildman–Crippen MR) is 165 cm³/mol. The first-order valence-corrected chi connectivity index (χ1v) is 14.0. The van der Waals surface area contributed by atoms with Crippen molar-refractivity contribution in [2.24, 2.45) is 5.73 Å². The summed E-state index contributed by atoms with van der Waals surface area (Å²) < 4.78 is 7.56. The number of nitrogens with two attached hydrogens (primary N) is 1. The molecule has 1 amide bonds. The molecule has 9 nitrogen and oxygen atoms in total. The van der Waals surface area contributed by atoms with Gasteiger partial charge in [-0.15, -0.1) is 10.2 Å². The molecule has 6 rings (SSSR count). The first-order valence-electron chi connectivity index (χ1n) is 14.0. The Hall–Kier alpha value is -4.89. The van der Waals surface area contributed by atoms with Crippen LogP contribution in [0.5, 0.6) is 5.75 Å². The van der Waals surface area contributed by atoms with Gasteiger partial charge in [0, 0.05) is 47.2 Å². The molecule has 3 aromatic carbocycles. The molecule has 1 unspecified atom stereocenters. The van der Waals surface area contributed by atoms with Gasteiger partial charge in [-0.2, -0.15) is 0 Å². The highest BCUT2D eigenvalue weighted by Crippen LogP contribution is 2.31. The zero-order valence-electron chi connectivity index (χ0n) is 24.0. The molecule has 42 heavy (non-hydrogen) atoms. The molecule has 0 spiro atoms. The molecule has 214 valence electrons. The number of nitrogens with one attached hydrogen (secondary N) is 3. The lowest BCUT2D eigenvalue weighted by molar-refractivity contribution is -0.125. The molecule has 0 saturated heterocycles. The van der Waals surface area contributed by atoms with Crippen LogP contribution in [-0.4, -0.2) is 49.8 Å². The molecular formula is C33H35N7O2. The molecule has 0 aliphatic heterocycles. The van der Waals surface area contributed by atoms with Crippen molar-refractivity contribution in [2.45, 2.75) is 38.3 Å². The minimum atomic E-state index is -1.01. The number of hydrogen-bond donors (Lipinski definition) is 4. The Morgan fingerprint density at radius 3 is 2.33 bits per heavy atom. The number of carbonyl (C=O) groups is 1. The second-order valence-corrected chi connectivity index (χ2v) is 11.2. The van der Waals surface area contributed by atoms with E-state index in [-0.39, 0.29) is 11.8 Å². The van der Waals surface area contributed by atoms with Crippen molar-refractivity contribution in [2.75, 3.05) is 13.7 Å². The quantitative estimate of drug-likeness (QED) is 0.190. The summed E-state index contributed by atoms with van der Waals surface area (Å²) >= 11 is 0. The van der Waals surface area contributed by atoms with E-state index in [0.717, 1.165) is 55.9 Å². The van der Waals surface area contributed by atoms with E-state index in [2.05, 4.69) is 50.2 Å². The SMILES string of the molecule is COc1ccc(Cn2c(Cc3c[nH]c4ccccc34)nnc2C(CNC(=O)C(C)(C)N)c2c[nH]c3ccccc23)cc1. The Kier molecular flexibility index (Phi) is 7.26. The summed E-state index contributed by atoms with van der Waals surface area (Å²) in [6.07, 6.45) is 4.63. The number of carbonyl (C=O) groups excluding carboxylic acids is 1. The molecule has 3 aromatic heterocycles. The van der Waals surface area contributed by atoms with E-state index in [1.807, 2.05) is 54.9 Å². The number of hydrogen-bond acceptors (Lipinski definition) is 5. The summed E-state index contributed by atoms with van der Waals surface area (Å²) in [5.74, 6) is 1.88. The standard InChI is InChI=1S/C33H35N7O2/c1-33(2,34)32(41)37-19-27(26-18-36-29-11-7-5-9-25(26)29)31-39-38-30(16-22-17-35-28-10-6-4-8-24(22)28)40(31)20-21-12-14-23(42-3)15-13-21/h4-15,17-18,27,35-36H,16,19-20,34H2,1-3H3,(H,37,41). The number of methoxy groups -OCH3 is 1. The summed E-state index contributed by atoms with van der Waals surface area (Å²) in [5, 5.41) is 14.8. The first kappa shape index (κ1) is 27.3. The zero-order chi connectivity index (χ0) is 29.3. The van der Waals surface area contributed by atoms with Crippen LogP contribution in [-0.2, 0) is 17.8 Å². The number of aromatic amines is 2. The van der Waals surface area contributed by atoms with Gasteiger partial charge in [0.25, 0.3) is 0 Å². The van der Waals surface area contributed by atoms with E-state index >= 15 is 0 Å². The van der Waals surface area contributed by atoms with Crippen molar-refractivity contribution in [3.63, 3.8) is 0 Å². The molecule has 0 bridgehead atoms. The van der Waals surface area contributed by atoms with Crippen molar-refractivity contribution in [1.29, 1.82) is 0 Å². The van der Waals surface area contributed by atoms with Crippen molar-refractivity contribution < 1.29 is 9.53 Å². The third kappa shape index (κ3) is 5.38. The largest absolute Gasteiger partial charge is 0.497 e. The van der Waals surface area contributed by atoms with Crippen molar-refractivity contribution in [1.82, 2.24) is 30.0 Å². The summed E-state index contributed by atoms with van der Waals surface area (Å²) in [6, 6.07) is 24.4. The van der Waals surface area contributed by atoms with Crippen LogP contribution in [0, 0.1) is 0 Å². The predicted octanol–water partition coefficient (Wildman–Crippen LogP) is 4.87. The number of amides is 1. The number of H-pyrrole nitrogens is 2. The number of ether oxygens (including phenoxy) is 1. The maximum absolute atomic E-state index is 12.9. The molecule has 0 fully saturated rings. The van der Waals surface area contributed by atoms with Gasteiger partial charge in [0.1, 0.15) is 17.4 Å². The van der Waals surface area contributed by atoms with Gasteiger partial charge in [-0.25, -0.2) is 0 Å². The molecule has 1 atom stereocenters. The smallest absolute Gasteiger partial charge is 0.239 e. The lowest BCUT2D eigenvalue weighted by Crippen LogP contribution is -2.50. The molecular weight excluding hydrogens is 526 g/mol. The molecule has 9 heteroatoms. The minimum absolute atomic E-state index is 0.229. The number of aromatic nitrogens is 5. The van der Waals surface area contributed by atoms with Crippen LogP contribution in [0.15, 0.2) is 85.2 Å². The van der Waals surface area contributed by atoms with Gasteiger partial charge in [-0.1, -0.05) is 48.5 Å². The van der Waals surface area contributed by atoms with Gasteiger partial charge in [-0.05, 0) is 54.8 Å². The average Bonchev–Trinajstić information content (AvgIpc) is 3.72. The monoisotopic (exact) mass is 561 g/mol. The number of para-hydroxylation sites is 2. The Balaban J connectivity index is 1.46. The summed E-state index contributed by atoms with van der Waals surface area (Å²) in [7, 11) is 1.66. The lowest BCUT2D eigenvalue weighted by Gasteiger charge is -2.23. The van der Waals surface area contributed by atoms with Gasteiger partial charge in [-0.3, -0.25) is 4.79 Å². The Morgan fingerprint density at radius 1 is 0.952 bits per heavy atom. The minimum Gasteiger partial charge on any atom is -0.497 e. The zero-order valence-corrected chi connectivity index (χ0v) is 24.0. The van der Waals surface area contributed by atoms with Gasteiger partial charge in [0.15, 0.2) is 0 Å². The van der Waals surface area contributed by atoms with Crippen molar-refractivity contribution in [3.05, 3.63) is 114 Å². The normalized spacial score (nSPS) is 12.6. The molecule has 5 N–H and O–H groups in total. The maximum Gasteiger partial charge on any atom is 0.239 e. The highest BCUT2D eigenvalue weighted by Gasteiger charge is 2.29. The van der Waals surface area contributed by atoms with Crippen LogP contribution < -0.4 is 15.8 Å². The van der Waals surface area contributed by atoms with Crippen LogP contribution in [0.1, 0.15) is 48.1 Å². The number of rotatable bonds is 10. The number of nitrogens with zero attached hydrogens (tertiary/aromatic N) is 3. The van der Waals surface area contributed by atoms with Gasteiger partial charge in [0.05, 0.1) is 25.1 Å². The van der Waals surface area contributed by atoms with Crippen LogP contribution in [0.4, 0.5) is 0 Å². The topological polar surface area (TPSA) is 127 Å². The van der Waals surface area contributed by atoms with E-state index in [0.29, 0.717) is 19.5 Å². The molecule has 0 aliphatic carbocycles. The highest BCUT2D eigenvalue weighted by atomic mass is 16.5. The highest BCUT2D eigenvalue weighted by molar-refractivity contribution is 5.86. The van der Waals surface area contributed by atoms with Crippen LogP contribution in [0.25, 0.3) is 21.8 Å². The third-order valence-electron chi connectivity index (χ3n) is 7.74. The van der Waals surface area contributed by atoms with Crippen LogP contribution >= 0.6 is 0 Å². The maximum atomic E-state index is 12.9. The van der Waals surface area contributed by atoms with E-state index in [4.69, 9.17) is 20.7 Å². The van der Waals surface area contributed by atoms with Crippen LogP contribution in [0.2, 0.25) is 0 Å². The second-order valence-electron chi connectivity index (χ2n) is 11.2. The van der Waals surface area contributed by atoms with E-state index < -0.39 is 5.54 Å². The molecule has 0 radical (unpaired) electrons. The molecule has 3 heterocycles. The first-order chi connectivity index (χ1) is 20.3. The van der Waals surface area contributed by atoms with E-state index in [9.17, 15) is 4.79 Å². The number of fused-ring (bicyclic) bond motifs is 2. The molecule has 0 saturated carbocycles. The Labute approximate surface area is 244 Å². The number of benzene rings is 3. The van der Waals surface area contributed by atoms with Crippen molar-refractivity contribution in [3.8, 4) is 5.75 Å². The fraction of sp³-hybridized carbons (Fsp3) is 0.242. The van der Waals surface area contributed by atoms with E-state index in [1.54, 1.807) is 21.0 Å². The van der Waals surface area contributed by atoms with Gasteiger partial charge >= 0.3 is 0 Å². The van der Waals surface area contributed by atoms with Gasteiger partial charge in [0.2, 0.25) is 5.91 Å². The van der Waals surface area contributed by atoms with Crippen molar-refractivity contribution >= 4 is 27.7 Å².